The molecule has 0 radical (unpaired) electrons. The van der Waals surface area contributed by atoms with Gasteiger partial charge in [-0.1, -0.05) is 12.6 Å². The Bertz CT molecular complexity index is 922. The van der Waals surface area contributed by atoms with Gasteiger partial charge in [0.15, 0.2) is 0 Å². The molecule has 4 nitrogen and oxygen atoms in total. The fraction of sp³-hybridized carbons (Fsp3) is 0.222. The Balaban J connectivity index is 1.75. The highest BCUT2D eigenvalue weighted by Gasteiger charge is 2.30. The molecule has 1 heterocycles. The molecule has 2 aromatic rings. The van der Waals surface area contributed by atoms with Crippen LogP contribution in [0.15, 0.2) is 54.5 Å². The number of nitrogens with zero attached hydrogens (tertiary/aromatic N) is 1. The number of alkyl halides is 3. The summed E-state index contributed by atoms with van der Waals surface area (Å²) in [5, 5.41) is 0.931. The van der Waals surface area contributed by atoms with Crippen molar-refractivity contribution in [1.29, 1.82) is 0 Å². The summed E-state index contributed by atoms with van der Waals surface area (Å²) < 4.78 is 68.5. The van der Waals surface area contributed by atoms with Crippen LogP contribution in [0.4, 0.5) is 13.2 Å². The van der Waals surface area contributed by atoms with E-state index in [9.17, 15) is 21.6 Å². The molecule has 8 heteroatoms. The molecule has 0 N–H and O–H groups in total. The first-order valence-electron chi connectivity index (χ1n) is 7.78. The van der Waals surface area contributed by atoms with Gasteiger partial charge < -0.3 is 4.74 Å². The lowest BCUT2D eigenvalue weighted by atomic mass is 10.0. The minimum absolute atomic E-state index is 0.254. The minimum atomic E-state index is -4.39. The quantitative estimate of drug-likeness (QED) is 0.790. The summed E-state index contributed by atoms with van der Waals surface area (Å²) in [6.07, 6.45) is -3.87. The first-order chi connectivity index (χ1) is 12.2. The van der Waals surface area contributed by atoms with Gasteiger partial charge in [-0.05, 0) is 53.9 Å². The minimum Gasteiger partial charge on any atom is -0.457 e. The highest BCUT2D eigenvalue weighted by Crippen LogP contribution is 2.32. The van der Waals surface area contributed by atoms with Crippen molar-refractivity contribution in [2.75, 3.05) is 6.54 Å². The number of hydrogen-bond acceptors (Lipinski definition) is 3. The summed E-state index contributed by atoms with van der Waals surface area (Å²) in [5.41, 5.74) is 1.07. The number of ether oxygens (including phenoxy) is 1. The molecule has 0 fully saturated rings. The van der Waals surface area contributed by atoms with Crippen molar-refractivity contribution in [1.82, 2.24) is 4.31 Å². The van der Waals surface area contributed by atoms with Crippen LogP contribution in [0.25, 0.3) is 0 Å². The molecule has 0 aliphatic carbocycles. The number of benzene rings is 2. The molecule has 0 bridgehead atoms. The highest BCUT2D eigenvalue weighted by atomic mass is 32.2. The van der Waals surface area contributed by atoms with Crippen LogP contribution in [-0.4, -0.2) is 19.3 Å². The van der Waals surface area contributed by atoms with Gasteiger partial charge in [-0.2, -0.15) is 17.5 Å². The molecular formula is C18H16F3NO3S. The summed E-state index contributed by atoms with van der Waals surface area (Å²) in [5.74, 6) is 0.785. The Morgan fingerprint density at radius 1 is 1.04 bits per heavy atom. The van der Waals surface area contributed by atoms with Crippen LogP contribution in [-0.2, 0) is 29.2 Å². The summed E-state index contributed by atoms with van der Waals surface area (Å²) in [6.45, 7) is 3.92. The predicted octanol–water partition coefficient (Wildman–Crippen LogP) is 4.33. The van der Waals surface area contributed by atoms with E-state index in [1.165, 1.54) is 16.4 Å². The molecule has 1 aliphatic rings. The molecule has 0 saturated carbocycles. The van der Waals surface area contributed by atoms with E-state index >= 15 is 0 Å². The summed E-state index contributed by atoms with van der Waals surface area (Å²) in [6, 6.07) is 9.67. The molecule has 0 amide bonds. The number of fused-ring (bicyclic) bond motifs is 1. The van der Waals surface area contributed by atoms with Crippen molar-refractivity contribution in [3.63, 3.8) is 0 Å². The normalized spacial score (nSPS) is 15.3. The van der Waals surface area contributed by atoms with E-state index < -0.39 is 21.8 Å². The van der Waals surface area contributed by atoms with Gasteiger partial charge in [0, 0.05) is 18.5 Å². The molecule has 138 valence electrons. The Morgan fingerprint density at radius 3 is 2.31 bits per heavy atom. The Hall–Kier alpha value is -2.32. The summed E-state index contributed by atoms with van der Waals surface area (Å²) >= 11 is 0. The van der Waals surface area contributed by atoms with Gasteiger partial charge in [0.1, 0.15) is 11.5 Å². The van der Waals surface area contributed by atoms with Crippen molar-refractivity contribution in [2.45, 2.75) is 19.1 Å². The van der Waals surface area contributed by atoms with Crippen LogP contribution < -0.4 is 4.74 Å². The van der Waals surface area contributed by atoms with E-state index in [0.29, 0.717) is 24.5 Å². The second-order valence-corrected chi connectivity index (χ2v) is 7.73. The van der Waals surface area contributed by atoms with Crippen molar-refractivity contribution in [3.05, 3.63) is 71.1 Å². The third-order valence-corrected chi connectivity index (χ3v) is 5.60. The lowest BCUT2D eigenvalue weighted by Gasteiger charge is -2.27. The van der Waals surface area contributed by atoms with E-state index in [0.717, 1.165) is 28.7 Å². The molecule has 26 heavy (non-hydrogen) atoms. The molecule has 1 aliphatic heterocycles. The Kier molecular flexibility index (Phi) is 4.81. The number of halogens is 3. The molecule has 2 aromatic carbocycles. The number of sulfonamides is 1. The molecule has 0 aromatic heterocycles. The van der Waals surface area contributed by atoms with Crippen molar-refractivity contribution in [3.8, 4) is 11.5 Å². The van der Waals surface area contributed by atoms with Gasteiger partial charge in [-0.15, -0.1) is 0 Å². The van der Waals surface area contributed by atoms with E-state index in [-0.39, 0.29) is 6.54 Å². The highest BCUT2D eigenvalue weighted by molar-refractivity contribution is 7.91. The van der Waals surface area contributed by atoms with Gasteiger partial charge in [-0.3, -0.25) is 0 Å². The van der Waals surface area contributed by atoms with E-state index in [2.05, 4.69) is 6.58 Å². The molecular weight excluding hydrogens is 367 g/mol. The van der Waals surface area contributed by atoms with Gasteiger partial charge in [0.05, 0.1) is 5.56 Å². The largest absolute Gasteiger partial charge is 0.457 e. The van der Waals surface area contributed by atoms with E-state index in [1.54, 1.807) is 18.2 Å². The first-order valence-corrected chi connectivity index (χ1v) is 9.29. The third kappa shape index (κ3) is 3.91. The van der Waals surface area contributed by atoms with Crippen LogP contribution in [0.1, 0.15) is 16.7 Å². The monoisotopic (exact) mass is 383 g/mol. The van der Waals surface area contributed by atoms with Crippen LogP contribution >= 0.6 is 0 Å². The van der Waals surface area contributed by atoms with Crippen LogP contribution in [0.3, 0.4) is 0 Å². The third-order valence-electron chi connectivity index (χ3n) is 4.14. The lowest BCUT2D eigenvalue weighted by molar-refractivity contribution is -0.137. The van der Waals surface area contributed by atoms with Gasteiger partial charge in [-0.25, -0.2) is 8.42 Å². The average Bonchev–Trinajstić information content (AvgIpc) is 2.61. The zero-order chi connectivity index (χ0) is 18.9. The topological polar surface area (TPSA) is 46.6 Å². The van der Waals surface area contributed by atoms with E-state index in [1.807, 2.05) is 0 Å². The fourth-order valence-electron chi connectivity index (χ4n) is 2.74. The van der Waals surface area contributed by atoms with Crippen molar-refractivity contribution < 1.29 is 26.3 Å². The van der Waals surface area contributed by atoms with Crippen LogP contribution in [0.5, 0.6) is 11.5 Å². The smallest absolute Gasteiger partial charge is 0.416 e. The predicted molar refractivity (Wildman–Crippen MR) is 91.2 cm³/mol. The van der Waals surface area contributed by atoms with Crippen molar-refractivity contribution >= 4 is 10.0 Å². The van der Waals surface area contributed by atoms with E-state index in [4.69, 9.17) is 4.74 Å². The van der Waals surface area contributed by atoms with Gasteiger partial charge in [0.2, 0.25) is 10.0 Å². The maximum atomic E-state index is 12.6. The fourth-order valence-corrected chi connectivity index (χ4v) is 3.61. The van der Waals surface area contributed by atoms with Gasteiger partial charge in [0.25, 0.3) is 0 Å². The average molecular weight is 383 g/mol. The zero-order valence-electron chi connectivity index (χ0n) is 13.7. The van der Waals surface area contributed by atoms with Crippen LogP contribution in [0, 0.1) is 0 Å². The SMILES string of the molecule is C=CS(=O)(=O)N1CCc2cc(Oc3ccc(C(F)(F)F)cc3)ccc2C1. The molecule has 0 spiro atoms. The molecule has 0 unspecified atom stereocenters. The lowest BCUT2D eigenvalue weighted by Crippen LogP contribution is -2.34. The Morgan fingerprint density at radius 2 is 1.69 bits per heavy atom. The summed E-state index contributed by atoms with van der Waals surface area (Å²) in [7, 11) is -3.46. The maximum Gasteiger partial charge on any atom is 0.416 e. The number of hydrogen-bond donors (Lipinski definition) is 0. The molecule has 3 rings (SSSR count). The molecule has 0 atom stereocenters. The molecule has 0 saturated heterocycles. The first kappa shape index (κ1) is 18.5. The van der Waals surface area contributed by atoms with Crippen molar-refractivity contribution in [2.24, 2.45) is 0 Å². The summed E-state index contributed by atoms with van der Waals surface area (Å²) in [4.78, 5) is 0. The zero-order valence-corrected chi connectivity index (χ0v) is 14.5. The van der Waals surface area contributed by atoms with Gasteiger partial charge >= 0.3 is 6.18 Å². The second-order valence-electron chi connectivity index (χ2n) is 5.85. The number of rotatable bonds is 4. The van der Waals surface area contributed by atoms with Crippen LogP contribution in [0.2, 0.25) is 0 Å². The second kappa shape index (κ2) is 6.77. The Labute approximate surface area is 149 Å². The maximum absolute atomic E-state index is 12.6. The standard InChI is InChI=1S/C18H16F3NO3S/c1-2-26(23,24)22-10-9-13-11-17(6-3-14(13)12-22)25-16-7-4-15(5-8-16)18(19,20)21/h2-8,11H,1,9-10,12H2.